The fourth-order valence-electron chi connectivity index (χ4n) is 3.65. The highest BCUT2D eigenvalue weighted by Crippen LogP contribution is 2.40. The molecule has 6 nitrogen and oxygen atoms in total. The molecule has 2 unspecified atom stereocenters. The van der Waals surface area contributed by atoms with Crippen LogP contribution in [0, 0.1) is 5.41 Å². The van der Waals surface area contributed by atoms with E-state index in [0.717, 1.165) is 12.0 Å². The van der Waals surface area contributed by atoms with Gasteiger partial charge in [-0.05, 0) is 61.1 Å². The number of rotatable bonds is 13. The predicted molar refractivity (Wildman–Crippen MR) is 127 cm³/mol. The van der Waals surface area contributed by atoms with E-state index in [4.69, 9.17) is 14.6 Å². The Kier molecular flexibility index (Phi) is 13.1. The Balaban J connectivity index is 2.65. The fourth-order valence-corrected chi connectivity index (χ4v) is 3.65. The molecule has 1 aliphatic rings. The Morgan fingerprint density at radius 1 is 1.21 bits per heavy atom. The van der Waals surface area contributed by atoms with Crippen molar-refractivity contribution >= 4 is 5.97 Å². The third-order valence-electron chi connectivity index (χ3n) is 5.46. The minimum atomic E-state index is -1.21. The number of hydrogen-bond acceptors (Lipinski definition) is 6. The van der Waals surface area contributed by atoms with Crippen molar-refractivity contribution in [3.05, 3.63) is 58.7 Å². The zero-order valence-corrected chi connectivity index (χ0v) is 20.5. The zero-order valence-electron chi connectivity index (χ0n) is 20.5. The van der Waals surface area contributed by atoms with Crippen molar-refractivity contribution in [2.75, 3.05) is 19.8 Å². The van der Waals surface area contributed by atoms with Crippen LogP contribution in [0.2, 0.25) is 0 Å². The Morgan fingerprint density at radius 3 is 2.58 bits per heavy atom. The van der Waals surface area contributed by atoms with E-state index >= 15 is 0 Å². The second-order valence-corrected chi connectivity index (χ2v) is 9.06. The summed E-state index contributed by atoms with van der Waals surface area (Å²) in [4.78, 5) is 15.4. The minimum absolute atomic E-state index is 0.0264. The molecule has 0 fully saturated rings. The average Bonchev–Trinajstić information content (AvgIpc) is 2.71. The zero-order chi connectivity index (χ0) is 24.9. The normalized spacial score (nSPS) is 19.4. The maximum absolute atomic E-state index is 12.1. The van der Waals surface area contributed by atoms with Gasteiger partial charge in [0.1, 0.15) is 12.7 Å². The molecule has 0 amide bonds. The fraction of sp³-hybridized carbons (Fsp3) is 0.577. The number of aliphatic hydroxyl groups excluding tert-OH is 2. The first kappa shape index (κ1) is 29.0. The van der Waals surface area contributed by atoms with Gasteiger partial charge in [-0.2, -0.15) is 4.94 Å². The lowest BCUT2D eigenvalue weighted by molar-refractivity contribution is -0.197. The highest BCUT2D eigenvalue weighted by molar-refractivity contribution is 5.83. The summed E-state index contributed by atoms with van der Waals surface area (Å²) < 4.78 is 22.1. The second-order valence-electron chi connectivity index (χ2n) is 9.06. The van der Waals surface area contributed by atoms with E-state index in [1.165, 1.54) is 30.1 Å². The summed E-state index contributed by atoms with van der Waals surface area (Å²) in [7, 11) is 0. The molecular formula is C26H39FO6. The summed E-state index contributed by atoms with van der Waals surface area (Å²) in [6.45, 7) is 9.46. The van der Waals surface area contributed by atoms with E-state index in [2.05, 4.69) is 37.9 Å². The van der Waals surface area contributed by atoms with Gasteiger partial charge in [0, 0.05) is 19.1 Å². The Hall–Kier alpha value is -2.06. The van der Waals surface area contributed by atoms with Crippen LogP contribution >= 0.6 is 0 Å². The van der Waals surface area contributed by atoms with Crippen molar-refractivity contribution in [1.29, 1.82) is 0 Å². The summed E-state index contributed by atoms with van der Waals surface area (Å²) in [5.74, 6) is -0.644. The van der Waals surface area contributed by atoms with Crippen molar-refractivity contribution in [3.8, 4) is 0 Å². The van der Waals surface area contributed by atoms with Crippen LogP contribution in [0.15, 0.2) is 58.7 Å². The molecule has 2 atom stereocenters. The van der Waals surface area contributed by atoms with Gasteiger partial charge >= 0.3 is 5.97 Å². The summed E-state index contributed by atoms with van der Waals surface area (Å²) in [5, 5.41) is 18.5. The van der Waals surface area contributed by atoms with E-state index < -0.39 is 25.0 Å². The number of carbonyl (C=O) groups is 1. The molecule has 0 heterocycles. The molecule has 2 N–H and O–H groups in total. The van der Waals surface area contributed by atoms with Crippen LogP contribution in [0.25, 0.3) is 0 Å². The van der Waals surface area contributed by atoms with Crippen LogP contribution < -0.4 is 0 Å². The van der Waals surface area contributed by atoms with Crippen molar-refractivity contribution in [2.45, 2.75) is 72.7 Å². The molecule has 1 aliphatic carbocycles. The topological polar surface area (TPSA) is 85.2 Å². The Morgan fingerprint density at radius 2 is 1.94 bits per heavy atom. The monoisotopic (exact) mass is 466 g/mol. The molecule has 1 rings (SSSR count). The van der Waals surface area contributed by atoms with Gasteiger partial charge in [-0.3, -0.25) is 0 Å². The molecule has 0 spiro atoms. The Bertz CT molecular complexity index is 776. The molecule has 0 radical (unpaired) electrons. The van der Waals surface area contributed by atoms with Crippen molar-refractivity contribution < 1.29 is 33.9 Å². The lowest BCUT2D eigenvalue weighted by atomic mass is 9.72. The van der Waals surface area contributed by atoms with Gasteiger partial charge in [0.05, 0.1) is 6.61 Å². The number of carbonyl (C=O) groups excluding carboxylic acids is 1. The number of esters is 1. The highest BCUT2D eigenvalue weighted by Gasteiger charge is 2.26. The van der Waals surface area contributed by atoms with Gasteiger partial charge in [0.15, 0.2) is 0 Å². The molecular weight excluding hydrogens is 427 g/mol. The van der Waals surface area contributed by atoms with Gasteiger partial charge in [-0.1, -0.05) is 55.4 Å². The quantitative estimate of drug-likeness (QED) is 0.171. The predicted octanol–water partition coefficient (Wildman–Crippen LogP) is 5.05. The second kappa shape index (κ2) is 15.0. The van der Waals surface area contributed by atoms with Crippen molar-refractivity contribution in [2.24, 2.45) is 5.41 Å². The molecule has 33 heavy (non-hydrogen) atoms. The van der Waals surface area contributed by atoms with Gasteiger partial charge in [-0.15, -0.1) is 0 Å². The molecule has 0 aromatic rings. The number of aliphatic hydroxyl groups is 2. The Labute approximate surface area is 197 Å². The molecule has 0 saturated carbocycles. The molecule has 0 saturated heterocycles. The lowest BCUT2D eigenvalue weighted by Gasteiger charge is -2.32. The first-order chi connectivity index (χ1) is 15.6. The van der Waals surface area contributed by atoms with Crippen LogP contribution in [0.4, 0.5) is 4.53 Å². The van der Waals surface area contributed by atoms with E-state index in [-0.39, 0.29) is 25.0 Å². The van der Waals surface area contributed by atoms with Crippen LogP contribution in [0.5, 0.6) is 0 Å². The molecule has 0 aromatic heterocycles. The van der Waals surface area contributed by atoms with Crippen LogP contribution in [0.3, 0.4) is 0 Å². The summed E-state index contributed by atoms with van der Waals surface area (Å²) in [6.07, 6.45) is 12.6. The number of allylic oxidation sites excluding steroid dienone is 9. The summed E-state index contributed by atoms with van der Waals surface area (Å²) >= 11 is 0. The number of hydrogen-bond donors (Lipinski definition) is 2. The van der Waals surface area contributed by atoms with Gasteiger partial charge < -0.3 is 19.7 Å². The van der Waals surface area contributed by atoms with E-state index in [0.29, 0.717) is 5.57 Å². The molecule has 0 aliphatic heterocycles. The molecule has 186 valence electrons. The average molecular weight is 467 g/mol. The number of halogens is 1. The smallest absolute Gasteiger partial charge is 0.333 e. The SMILES string of the molecule is CC1=C(/C=C/C(C)=C/C=C/C(C)=C/C(=O)OC(CCO)OCC(O)COF)C(C)(C)CCC1. The molecule has 7 heteroatoms. The van der Waals surface area contributed by atoms with E-state index in [1.54, 1.807) is 13.0 Å². The first-order valence-corrected chi connectivity index (χ1v) is 11.3. The van der Waals surface area contributed by atoms with Crippen LogP contribution in [-0.4, -0.2) is 48.4 Å². The van der Waals surface area contributed by atoms with E-state index in [1.807, 2.05) is 19.1 Å². The van der Waals surface area contributed by atoms with Gasteiger partial charge in [0.25, 0.3) is 0 Å². The highest BCUT2D eigenvalue weighted by atomic mass is 19.3. The molecule has 0 aromatic carbocycles. The third kappa shape index (κ3) is 11.6. The summed E-state index contributed by atoms with van der Waals surface area (Å²) in [6, 6.07) is 0. The lowest BCUT2D eigenvalue weighted by Crippen LogP contribution is -2.28. The largest absolute Gasteiger partial charge is 0.432 e. The first-order valence-electron chi connectivity index (χ1n) is 11.3. The van der Waals surface area contributed by atoms with Crippen LogP contribution in [0.1, 0.15) is 60.3 Å². The summed E-state index contributed by atoms with van der Waals surface area (Å²) in [5.41, 5.74) is 4.83. The van der Waals surface area contributed by atoms with Crippen molar-refractivity contribution in [1.82, 2.24) is 0 Å². The van der Waals surface area contributed by atoms with Gasteiger partial charge in [-0.25, -0.2) is 4.79 Å². The maximum Gasteiger partial charge on any atom is 0.333 e. The molecule has 0 bridgehead atoms. The minimum Gasteiger partial charge on any atom is -0.432 e. The number of ether oxygens (including phenoxy) is 2. The van der Waals surface area contributed by atoms with Crippen LogP contribution in [-0.2, 0) is 19.2 Å². The van der Waals surface area contributed by atoms with Crippen molar-refractivity contribution in [3.63, 3.8) is 0 Å². The standard InChI is InChI=1S/C26H39FO6/c1-19(11-12-23-21(3)10-7-14-26(23,4)5)8-6-9-20(2)16-24(30)33-25(13-15-28)31-17-22(29)18-32-27/h6,8-9,11-12,16,22,25,28-29H,7,10,13-15,17-18H2,1-5H3/b9-6+,12-11+,19-8+,20-16+. The van der Waals surface area contributed by atoms with Gasteiger partial charge in [0.2, 0.25) is 6.29 Å². The van der Waals surface area contributed by atoms with E-state index in [9.17, 15) is 14.4 Å². The maximum atomic E-state index is 12.1. The third-order valence-corrected chi connectivity index (χ3v) is 5.46.